The Kier molecular flexibility index (Phi) is 4.53. The van der Waals surface area contributed by atoms with Crippen LogP contribution in [0.15, 0.2) is 17.5 Å². The van der Waals surface area contributed by atoms with Crippen LogP contribution in [0.2, 0.25) is 0 Å². The molecule has 1 atom stereocenters. The van der Waals surface area contributed by atoms with Gasteiger partial charge in [0.1, 0.15) is 6.04 Å². The van der Waals surface area contributed by atoms with Gasteiger partial charge in [0, 0.05) is 37.6 Å². The van der Waals surface area contributed by atoms with E-state index in [9.17, 15) is 4.79 Å². The second kappa shape index (κ2) is 6.14. The zero-order chi connectivity index (χ0) is 12.1. The van der Waals surface area contributed by atoms with Crippen LogP contribution in [-0.4, -0.2) is 43.0 Å². The minimum Gasteiger partial charge on any atom is -0.355 e. The lowest BCUT2D eigenvalue weighted by Gasteiger charge is -2.34. The molecule has 1 aromatic heterocycles. The molecule has 1 amide bonds. The van der Waals surface area contributed by atoms with Gasteiger partial charge in [0.2, 0.25) is 5.91 Å². The normalized spacial score (nSPS) is 21.4. The summed E-state index contributed by atoms with van der Waals surface area (Å²) in [6, 6.07) is 4.15. The van der Waals surface area contributed by atoms with Crippen molar-refractivity contribution < 1.29 is 4.79 Å². The van der Waals surface area contributed by atoms with Crippen LogP contribution in [0.3, 0.4) is 0 Å². The monoisotopic (exact) mass is 253 g/mol. The van der Waals surface area contributed by atoms with E-state index in [4.69, 9.17) is 0 Å². The van der Waals surface area contributed by atoms with E-state index in [1.54, 1.807) is 11.3 Å². The molecule has 2 rings (SSSR count). The lowest BCUT2D eigenvalue weighted by Crippen LogP contribution is -2.57. The Bertz CT molecular complexity index is 353. The predicted octanol–water partition coefficient (Wildman–Crippen LogP) is 0.658. The van der Waals surface area contributed by atoms with Gasteiger partial charge in [-0.05, 0) is 18.4 Å². The van der Waals surface area contributed by atoms with Gasteiger partial charge in [0.25, 0.3) is 0 Å². The zero-order valence-electron chi connectivity index (χ0n) is 10.1. The molecule has 4 nitrogen and oxygen atoms in total. The Labute approximate surface area is 106 Å². The largest absolute Gasteiger partial charge is 0.355 e. The van der Waals surface area contributed by atoms with E-state index in [1.165, 1.54) is 4.88 Å². The molecule has 94 valence electrons. The SMILES string of the molecule is CCNC(=O)C1CNCCN1Cc1cccs1. The molecule has 1 aromatic rings. The summed E-state index contributed by atoms with van der Waals surface area (Å²) in [5.74, 6) is 0.135. The van der Waals surface area contributed by atoms with Crippen LogP contribution >= 0.6 is 11.3 Å². The maximum atomic E-state index is 11.9. The molecule has 0 saturated carbocycles. The summed E-state index contributed by atoms with van der Waals surface area (Å²) in [5.41, 5.74) is 0. The molecule has 2 N–H and O–H groups in total. The minimum atomic E-state index is -0.0363. The lowest BCUT2D eigenvalue weighted by molar-refractivity contribution is -0.127. The number of nitrogens with one attached hydrogen (secondary N) is 2. The Morgan fingerprint density at radius 3 is 3.29 bits per heavy atom. The summed E-state index contributed by atoms with van der Waals surface area (Å²) < 4.78 is 0. The van der Waals surface area contributed by atoms with Crippen molar-refractivity contribution in [2.75, 3.05) is 26.2 Å². The number of nitrogens with zero attached hydrogens (tertiary/aromatic N) is 1. The maximum Gasteiger partial charge on any atom is 0.238 e. The fraction of sp³-hybridized carbons (Fsp3) is 0.583. The molecule has 17 heavy (non-hydrogen) atoms. The van der Waals surface area contributed by atoms with Gasteiger partial charge in [-0.3, -0.25) is 9.69 Å². The first-order valence-corrected chi connectivity index (χ1v) is 6.94. The minimum absolute atomic E-state index is 0.0363. The van der Waals surface area contributed by atoms with Crippen molar-refractivity contribution in [1.82, 2.24) is 15.5 Å². The van der Waals surface area contributed by atoms with Gasteiger partial charge in [-0.1, -0.05) is 6.07 Å². The van der Waals surface area contributed by atoms with Crippen molar-refractivity contribution in [3.8, 4) is 0 Å². The van der Waals surface area contributed by atoms with Crippen molar-refractivity contribution in [3.05, 3.63) is 22.4 Å². The molecule has 0 aliphatic carbocycles. The zero-order valence-corrected chi connectivity index (χ0v) is 10.9. The van der Waals surface area contributed by atoms with E-state index in [0.717, 1.165) is 26.2 Å². The van der Waals surface area contributed by atoms with Gasteiger partial charge in [-0.25, -0.2) is 0 Å². The summed E-state index contributed by atoms with van der Waals surface area (Å²) in [6.45, 7) is 6.17. The fourth-order valence-corrected chi connectivity index (χ4v) is 2.82. The molecule has 0 radical (unpaired) electrons. The molecular formula is C12H19N3OS. The summed E-state index contributed by atoms with van der Waals surface area (Å²) in [5, 5.41) is 8.27. The topological polar surface area (TPSA) is 44.4 Å². The van der Waals surface area contributed by atoms with Crippen molar-refractivity contribution in [1.29, 1.82) is 0 Å². The van der Waals surface area contributed by atoms with E-state index >= 15 is 0 Å². The first kappa shape index (κ1) is 12.5. The third kappa shape index (κ3) is 3.28. The molecule has 0 aromatic carbocycles. The maximum absolute atomic E-state index is 11.9. The number of amides is 1. The first-order chi connectivity index (χ1) is 8.31. The highest BCUT2D eigenvalue weighted by Crippen LogP contribution is 2.15. The average Bonchev–Trinajstić information content (AvgIpc) is 2.83. The van der Waals surface area contributed by atoms with Crippen LogP contribution in [0.25, 0.3) is 0 Å². The van der Waals surface area contributed by atoms with Crippen molar-refractivity contribution in [3.63, 3.8) is 0 Å². The fourth-order valence-electron chi connectivity index (χ4n) is 2.09. The molecule has 1 saturated heterocycles. The standard InChI is InChI=1S/C12H19N3OS/c1-2-14-12(16)11-8-13-5-6-15(11)9-10-4-3-7-17-10/h3-4,7,11,13H,2,5-6,8-9H2,1H3,(H,14,16). The van der Waals surface area contributed by atoms with Gasteiger partial charge in [0.05, 0.1) is 0 Å². The van der Waals surface area contributed by atoms with Gasteiger partial charge in [-0.2, -0.15) is 0 Å². The highest BCUT2D eigenvalue weighted by Gasteiger charge is 2.28. The van der Waals surface area contributed by atoms with Crippen LogP contribution in [0, 0.1) is 0 Å². The van der Waals surface area contributed by atoms with Crippen LogP contribution in [0.4, 0.5) is 0 Å². The second-order valence-corrected chi connectivity index (χ2v) is 5.20. The second-order valence-electron chi connectivity index (χ2n) is 4.16. The number of thiophene rings is 1. The molecule has 1 aliphatic heterocycles. The van der Waals surface area contributed by atoms with E-state index < -0.39 is 0 Å². The molecule has 1 unspecified atom stereocenters. The Morgan fingerprint density at radius 1 is 1.71 bits per heavy atom. The number of hydrogen-bond donors (Lipinski definition) is 2. The van der Waals surface area contributed by atoms with Crippen molar-refractivity contribution in [2.24, 2.45) is 0 Å². The Hall–Kier alpha value is -0.910. The third-order valence-corrected chi connectivity index (χ3v) is 3.81. The number of likely N-dealkylation sites (N-methyl/N-ethyl adjacent to an activating group) is 1. The van der Waals surface area contributed by atoms with E-state index in [0.29, 0.717) is 6.54 Å². The summed E-state index contributed by atoms with van der Waals surface area (Å²) in [6.07, 6.45) is 0. The van der Waals surface area contributed by atoms with E-state index in [1.807, 2.05) is 6.92 Å². The summed E-state index contributed by atoms with van der Waals surface area (Å²) in [7, 11) is 0. The molecule has 1 aliphatic rings. The van der Waals surface area contributed by atoms with Crippen LogP contribution < -0.4 is 10.6 Å². The Balaban J connectivity index is 1.99. The average molecular weight is 253 g/mol. The predicted molar refractivity (Wildman–Crippen MR) is 70.1 cm³/mol. The number of rotatable bonds is 4. The van der Waals surface area contributed by atoms with Gasteiger partial charge in [-0.15, -0.1) is 11.3 Å². The van der Waals surface area contributed by atoms with Crippen molar-refractivity contribution in [2.45, 2.75) is 19.5 Å². The summed E-state index contributed by atoms with van der Waals surface area (Å²) >= 11 is 1.75. The summed E-state index contributed by atoms with van der Waals surface area (Å²) in [4.78, 5) is 15.5. The highest BCUT2D eigenvalue weighted by atomic mass is 32.1. The van der Waals surface area contributed by atoms with Crippen LogP contribution in [-0.2, 0) is 11.3 Å². The van der Waals surface area contributed by atoms with Crippen LogP contribution in [0.5, 0.6) is 0 Å². The highest BCUT2D eigenvalue weighted by molar-refractivity contribution is 7.09. The number of piperazine rings is 1. The number of carbonyl (C=O) groups excluding carboxylic acids is 1. The van der Waals surface area contributed by atoms with E-state index in [2.05, 4.69) is 33.0 Å². The molecule has 1 fully saturated rings. The lowest BCUT2D eigenvalue weighted by atomic mass is 10.1. The van der Waals surface area contributed by atoms with Gasteiger partial charge < -0.3 is 10.6 Å². The molecule has 0 bridgehead atoms. The van der Waals surface area contributed by atoms with Gasteiger partial charge >= 0.3 is 0 Å². The smallest absolute Gasteiger partial charge is 0.238 e. The van der Waals surface area contributed by atoms with Crippen molar-refractivity contribution >= 4 is 17.2 Å². The molecule has 0 spiro atoms. The molecule has 2 heterocycles. The third-order valence-electron chi connectivity index (χ3n) is 2.95. The molecular weight excluding hydrogens is 234 g/mol. The number of carbonyl (C=O) groups is 1. The van der Waals surface area contributed by atoms with Gasteiger partial charge in [0.15, 0.2) is 0 Å². The first-order valence-electron chi connectivity index (χ1n) is 6.06. The number of hydrogen-bond acceptors (Lipinski definition) is 4. The molecule has 5 heteroatoms. The quantitative estimate of drug-likeness (QED) is 0.828. The Morgan fingerprint density at radius 2 is 2.59 bits per heavy atom. The van der Waals surface area contributed by atoms with Crippen LogP contribution in [0.1, 0.15) is 11.8 Å². The van der Waals surface area contributed by atoms with E-state index in [-0.39, 0.29) is 11.9 Å².